The Kier molecular flexibility index (Phi) is 5.25. The van der Waals surface area contributed by atoms with Crippen LogP contribution >= 0.6 is 0 Å². The average molecular weight is 391 g/mol. The SMILES string of the molecule is COc1ccc(C(F)(F)F)cc1NC(=O)c1c[nH]c(=O)n1Cc1ccccc1. The topological polar surface area (TPSA) is 76.1 Å². The molecule has 0 saturated heterocycles. The van der Waals surface area contributed by atoms with Crippen LogP contribution in [-0.4, -0.2) is 22.6 Å². The van der Waals surface area contributed by atoms with Gasteiger partial charge in [0, 0.05) is 6.20 Å². The molecular weight excluding hydrogens is 375 g/mol. The number of alkyl halides is 3. The van der Waals surface area contributed by atoms with E-state index in [0.29, 0.717) is 0 Å². The van der Waals surface area contributed by atoms with Gasteiger partial charge in [-0.3, -0.25) is 9.36 Å². The summed E-state index contributed by atoms with van der Waals surface area (Å²) in [4.78, 5) is 27.1. The molecular formula is C19H16F3N3O3. The van der Waals surface area contributed by atoms with Crippen molar-refractivity contribution in [3.8, 4) is 5.75 Å². The van der Waals surface area contributed by atoms with Crippen molar-refractivity contribution < 1.29 is 22.7 Å². The summed E-state index contributed by atoms with van der Waals surface area (Å²) in [7, 11) is 1.28. The lowest BCUT2D eigenvalue weighted by molar-refractivity contribution is -0.137. The number of anilines is 1. The number of benzene rings is 2. The number of carbonyl (C=O) groups is 1. The van der Waals surface area contributed by atoms with Gasteiger partial charge in [-0.05, 0) is 23.8 Å². The number of ether oxygens (including phenoxy) is 1. The molecule has 0 bridgehead atoms. The van der Waals surface area contributed by atoms with Crippen LogP contribution in [0.2, 0.25) is 0 Å². The fourth-order valence-corrected chi connectivity index (χ4v) is 2.67. The van der Waals surface area contributed by atoms with E-state index < -0.39 is 23.3 Å². The first-order chi connectivity index (χ1) is 13.3. The predicted molar refractivity (Wildman–Crippen MR) is 96.5 cm³/mol. The summed E-state index contributed by atoms with van der Waals surface area (Å²) in [5, 5.41) is 2.39. The molecule has 2 N–H and O–H groups in total. The zero-order valence-electron chi connectivity index (χ0n) is 14.7. The third-order valence-corrected chi connectivity index (χ3v) is 4.06. The van der Waals surface area contributed by atoms with Crippen LogP contribution in [0, 0.1) is 0 Å². The first-order valence-electron chi connectivity index (χ1n) is 8.18. The molecule has 28 heavy (non-hydrogen) atoms. The number of carbonyl (C=O) groups excluding carboxylic acids is 1. The van der Waals surface area contributed by atoms with Gasteiger partial charge in [-0.1, -0.05) is 30.3 Å². The highest BCUT2D eigenvalue weighted by Crippen LogP contribution is 2.35. The molecule has 2 aromatic carbocycles. The number of hydrogen-bond acceptors (Lipinski definition) is 3. The smallest absolute Gasteiger partial charge is 0.416 e. The average Bonchev–Trinajstić information content (AvgIpc) is 3.02. The standard InChI is InChI=1S/C19H16F3N3O3/c1-28-16-8-7-13(19(20,21)22)9-14(16)24-17(26)15-10-23-18(27)25(15)11-12-5-3-2-4-6-12/h2-10H,11H2,1H3,(H,23,27)(H,24,26). The molecule has 3 rings (SSSR count). The summed E-state index contributed by atoms with van der Waals surface area (Å²) in [5.41, 5.74) is -0.824. The van der Waals surface area contributed by atoms with Gasteiger partial charge in [0.25, 0.3) is 5.91 Å². The van der Waals surface area contributed by atoms with Gasteiger partial charge >= 0.3 is 11.9 Å². The lowest BCUT2D eigenvalue weighted by Crippen LogP contribution is -2.24. The summed E-state index contributed by atoms with van der Waals surface area (Å²) < 4.78 is 45.1. The van der Waals surface area contributed by atoms with E-state index in [0.717, 1.165) is 23.8 Å². The van der Waals surface area contributed by atoms with Crippen molar-refractivity contribution in [1.82, 2.24) is 9.55 Å². The van der Waals surface area contributed by atoms with Crippen molar-refractivity contribution in [3.63, 3.8) is 0 Å². The Balaban J connectivity index is 1.91. The minimum absolute atomic E-state index is 0.0201. The van der Waals surface area contributed by atoms with Gasteiger partial charge in [0.15, 0.2) is 0 Å². The number of methoxy groups -OCH3 is 1. The molecule has 0 aliphatic heterocycles. The lowest BCUT2D eigenvalue weighted by atomic mass is 10.1. The summed E-state index contributed by atoms with van der Waals surface area (Å²) in [6.07, 6.45) is -3.37. The Morgan fingerprint density at radius 1 is 1.18 bits per heavy atom. The van der Waals surface area contributed by atoms with Gasteiger partial charge < -0.3 is 15.0 Å². The zero-order chi connectivity index (χ0) is 20.3. The van der Waals surface area contributed by atoms with Crippen molar-refractivity contribution >= 4 is 11.6 Å². The van der Waals surface area contributed by atoms with Crippen molar-refractivity contribution in [3.05, 3.63) is 82.0 Å². The third kappa shape index (κ3) is 4.08. The quantitative estimate of drug-likeness (QED) is 0.699. The molecule has 1 aromatic heterocycles. The number of amides is 1. The van der Waals surface area contributed by atoms with Crippen LogP contribution in [0.25, 0.3) is 0 Å². The highest BCUT2D eigenvalue weighted by molar-refractivity contribution is 6.03. The van der Waals surface area contributed by atoms with E-state index in [9.17, 15) is 22.8 Å². The minimum atomic E-state index is -4.57. The van der Waals surface area contributed by atoms with E-state index in [2.05, 4.69) is 10.3 Å². The number of aromatic amines is 1. The number of imidazole rings is 1. The number of aromatic nitrogens is 2. The molecule has 0 aliphatic carbocycles. The van der Waals surface area contributed by atoms with Crippen molar-refractivity contribution in [1.29, 1.82) is 0 Å². The Morgan fingerprint density at radius 2 is 1.89 bits per heavy atom. The van der Waals surface area contributed by atoms with E-state index in [1.165, 1.54) is 17.9 Å². The molecule has 0 radical (unpaired) electrons. The van der Waals surface area contributed by atoms with Crippen LogP contribution in [0.15, 0.2) is 59.5 Å². The Bertz CT molecular complexity index is 1040. The predicted octanol–water partition coefficient (Wildman–Crippen LogP) is 3.50. The number of H-pyrrole nitrogens is 1. The second-order valence-corrected chi connectivity index (χ2v) is 5.92. The van der Waals surface area contributed by atoms with Crippen LogP contribution < -0.4 is 15.7 Å². The first kappa shape index (κ1) is 19.3. The van der Waals surface area contributed by atoms with E-state index in [1.54, 1.807) is 24.3 Å². The first-order valence-corrected chi connectivity index (χ1v) is 8.18. The fourth-order valence-electron chi connectivity index (χ4n) is 2.67. The molecule has 0 unspecified atom stereocenters. The van der Waals surface area contributed by atoms with Crippen molar-refractivity contribution in [2.45, 2.75) is 12.7 Å². The van der Waals surface area contributed by atoms with Crippen LogP contribution in [0.4, 0.5) is 18.9 Å². The molecule has 0 aliphatic rings. The molecule has 1 amide bonds. The number of hydrogen-bond donors (Lipinski definition) is 2. The monoisotopic (exact) mass is 391 g/mol. The van der Waals surface area contributed by atoms with Crippen LogP contribution in [0.5, 0.6) is 5.75 Å². The Labute approximate surface area is 157 Å². The molecule has 3 aromatic rings. The molecule has 6 nitrogen and oxygen atoms in total. The molecule has 1 heterocycles. The van der Waals surface area contributed by atoms with Crippen LogP contribution in [-0.2, 0) is 12.7 Å². The van der Waals surface area contributed by atoms with Crippen molar-refractivity contribution in [2.75, 3.05) is 12.4 Å². The van der Waals surface area contributed by atoms with Gasteiger partial charge in [0.2, 0.25) is 0 Å². The number of nitrogens with one attached hydrogen (secondary N) is 2. The molecule has 0 fully saturated rings. The minimum Gasteiger partial charge on any atom is -0.495 e. The van der Waals surface area contributed by atoms with E-state index in [-0.39, 0.29) is 23.7 Å². The van der Waals surface area contributed by atoms with E-state index in [1.807, 2.05) is 6.07 Å². The molecule has 9 heteroatoms. The van der Waals surface area contributed by atoms with Gasteiger partial charge in [0.1, 0.15) is 11.4 Å². The number of rotatable bonds is 5. The maximum Gasteiger partial charge on any atom is 0.416 e. The maximum atomic E-state index is 13.0. The van der Waals surface area contributed by atoms with Gasteiger partial charge in [0.05, 0.1) is 24.9 Å². The normalized spacial score (nSPS) is 11.3. The molecule has 146 valence electrons. The summed E-state index contributed by atoms with van der Waals surface area (Å²) in [6, 6.07) is 11.7. The molecule has 0 saturated carbocycles. The van der Waals surface area contributed by atoms with Gasteiger partial charge in [-0.15, -0.1) is 0 Å². The van der Waals surface area contributed by atoms with E-state index >= 15 is 0 Å². The Morgan fingerprint density at radius 3 is 2.54 bits per heavy atom. The highest BCUT2D eigenvalue weighted by atomic mass is 19.4. The third-order valence-electron chi connectivity index (χ3n) is 4.06. The Hall–Kier alpha value is -3.49. The highest BCUT2D eigenvalue weighted by Gasteiger charge is 2.31. The lowest BCUT2D eigenvalue weighted by Gasteiger charge is -2.14. The second kappa shape index (κ2) is 7.63. The number of halogens is 3. The van der Waals surface area contributed by atoms with E-state index in [4.69, 9.17) is 4.74 Å². The molecule has 0 atom stereocenters. The number of nitrogens with zero attached hydrogens (tertiary/aromatic N) is 1. The van der Waals surface area contributed by atoms with Crippen molar-refractivity contribution in [2.24, 2.45) is 0 Å². The molecule has 0 spiro atoms. The van der Waals surface area contributed by atoms with Crippen LogP contribution in [0.1, 0.15) is 21.6 Å². The summed E-state index contributed by atoms with van der Waals surface area (Å²) >= 11 is 0. The van der Waals surface area contributed by atoms with Gasteiger partial charge in [-0.25, -0.2) is 4.79 Å². The summed E-state index contributed by atoms with van der Waals surface area (Å²) in [6.45, 7) is 0.131. The second-order valence-electron chi connectivity index (χ2n) is 5.92. The van der Waals surface area contributed by atoms with Crippen LogP contribution in [0.3, 0.4) is 0 Å². The zero-order valence-corrected chi connectivity index (χ0v) is 14.7. The fraction of sp³-hybridized carbons (Fsp3) is 0.158. The largest absolute Gasteiger partial charge is 0.495 e. The van der Waals surface area contributed by atoms with Gasteiger partial charge in [-0.2, -0.15) is 13.2 Å². The summed E-state index contributed by atoms with van der Waals surface area (Å²) in [5.74, 6) is -0.680. The maximum absolute atomic E-state index is 13.0.